The fourth-order valence-electron chi connectivity index (χ4n) is 0.841. The van der Waals surface area contributed by atoms with E-state index in [9.17, 15) is 0 Å². The Morgan fingerprint density at radius 3 is 2.36 bits per heavy atom. The molecule has 0 radical (unpaired) electrons. The van der Waals surface area contributed by atoms with Crippen LogP contribution >= 0.6 is 27.7 Å². The predicted molar refractivity (Wildman–Crippen MR) is 55.5 cm³/mol. The summed E-state index contributed by atoms with van der Waals surface area (Å²) in [5.74, 6) is 1.15. The number of hydrogen-bond donors (Lipinski definition) is 0. The van der Waals surface area contributed by atoms with Gasteiger partial charge < -0.3 is 0 Å². The summed E-state index contributed by atoms with van der Waals surface area (Å²) in [7, 11) is 0. The Hall–Kier alpha value is 0.0500. The van der Waals surface area contributed by atoms with Crippen LogP contribution in [-0.4, -0.2) is 5.75 Å². The third-order valence-corrected chi connectivity index (χ3v) is 2.93. The summed E-state index contributed by atoms with van der Waals surface area (Å²) in [6.07, 6.45) is 0. The van der Waals surface area contributed by atoms with Gasteiger partial charge in [0.2, 0.25) is 0 Å². The minimum atomic E-state index is 0.948. The minimum absolute atomic E-state index is 0.948. The molecule has 11 heavy (non-hydrogen) atoms. The molecule has 0 aromatic heterocycles. The second kappa shape index (κ2) is 4.83. The lowest BCUT2D eigenvalue weighted by Crippen LogP contribution is -1.76. The Morgan fingerprint density at radius 1 is 1.27 bits per heavy atom. The Bertz CT molecular complexity index is 205. The first kappa shape index (κ1) is 9.14. The molecule has 0 aliphatic carbocycles. The zero-order valence-corrected chi connectivity index (χ0v) is 8.91. The number of hydrogen-bond acceptors (Lipinski definition) is 1. The van der Waals surface area contributed by atoms with Gasteiger partial charge in [-0.25, -0.2) is 0 Å². The molecule has 0 atom stereocenters. The lowest BCUT2D eigenvalue weighted by Gasteiger charge is -1.98. The SMILES string of the molecule is CCSc1ccc(CBr)cc1. The van der Waals surface area contributed by atoms with E-state index < -0.39 is 0 Å². The van der Waals surface area contributed by atoms with E-state index in [4.69, 9.17) is 0 Å². The van der Waals surface area contributed by atoms with Crippen molar-refractivity contribution in [3.63, 3.8) is 0 Å². The molecular weight excluding hydrogens is 220 g/mol. The van der Waals surface area contributed by atoms with Crippen LogP contribution in [0.2, 0.25) is 0 Å². The summed E-state index contributed by atoms with van der Waals surface area (Å²) in [4.78, 5) is 1.36. The first-order chi connectivity index (χ1) is 5.36. The molecule has 2 heteroatoms. The van der Waals surface area contributed by atoms with Crippen molar-refractivity contribution in [1.29, 1.82) is 0 Å². The van der Waals surface area contributed by atoms with Gasteiger partial charge in [0.05, 0.1) is 0 Å². The van der Waals surface area contributed by atoms with Gasteiger partial charge in [0.1, 0.15) is 0 Å². The molecule has 0 bridgehead atoms. The van der Waals surface area contributed by atoms with Gasteiger partial charge in [0.25, 0.3) is 0 Å². The van der Waals surface area contributed by atoms with Crippen molar-refractivity contribution in [2.75, 3.05) is 5.75 Å². The molecule has 1 rings (SSSR count). The van der Waals surface area contributed by atoms with Gasteiger partial charge in [0.15, 0.2) is 0 Å². The molecular formula is C9H11BrS. The summed E-state index contributed by atoms with van der Waals surface area (Å²) in [6, 6.07) is 8.66. The third kappa shape index (κ3) is 2.88. The lowest BCUT2D eigenvalue weighted by atomic mass is 10.2. The van der Waals surface area contributed by atoms with Gasteiger partial charge in [-0.1, -0.05) is 35.0 Å². The topological polar surface area (TPSA) is 0 Å². The summed E-state index contributed by atoms with van der Waals surface area (Å²) in [5.41, 5.74) is 1.34. The van der Waals surface area contributed by atoms with Crippen LogP contribution in [0.25, 0.3) is 0 Å². The normalized spacial score (nSPS) is 10.0. The summed E-state index contributed by atoms with van der Waals surface area (Å²) < 4.78 is 0. The number of halogens is 1. The third-order valence-electron chi connectivity index (χ3n) is 1.39. The van der Waals surface area contributed by atoms with Crippen LogP contribution < -0.4 is 0 Å². The maximum Gasteiger partial charge on any atom is 0.0283 e. The van der Waals surface area contributed by atoms with Crippen molar-refractivity contribution in [2.45, 2.75) is 17.1 Å². The number of benzene rings is 1. The molecule has 1 aromatic carbocycles. The summed E-state index contributed by atoms with van der Waals surface area (Å²) in [6.45, 7) is 2.17. The molecule has 0 amide bonds. The van der Waals surface area contributed by atoms with Gasteiger partial charge in [0, 0.05) is 10.2 Å². The van der Waals surface area contributed by atoms with Gasteiger partial charge in [-0.2, -0.15) is 0 Å². The Kier molecular flexibility index (Phi) is 4.02. The average Bonchev–Trinajstić information content (AvgIpc) is 2.07. The monoisotopic (exact) mass is 230 g/mol. The standard InChI is InChI=1S/C9H11BrS/c1-2-11-9-5-3-8(7-10)4-6-9/h3-6H,2,7H2,1H3. The highest BCUT2D eigenvalue weighted by atomic mass is 79.9. The van der Waals surface area contributed by atoms with Crippen molar-refractivity contribution >= 4 is 27.7 Å². The zero-order valence-electron chi connectivity index (χ0n) is 6.51. The van der Waals surface area contributed by atoms with Crippen LogP contribution in [0.15, 0.2) is 29.2 Å². The first-order valence-electron chi connectivity index (χ1n) is 3.64. The molecule has 60 valence electrons. The minimum Gasteiger partial charge on any atom is -0.126 e. The van der Waals surface area contributed by atoms with E-state index in [0.717, 1.165) is 11.1 Å². The quantitative estimate of drug-likeness (QED) is 0.564. The van der Waals surface area contributed by atoms with E-state index in [0.29, 0.717) is 0 Å². The van der Waals surface area contributed by atoms with Crippen LogP contribution in [0.3, 0.4) is 0 Å². The smallest absolute Gasteiger partial charge is 0.0283 e. The van der Waals surface area contributed by atoms with Crippen LogP contribution in [0, 0.1) is 0 Å². The average molecular weight is 231 g/mol. The molecule has 0 aliphatic heterocycles. The second-order valence-electron chi connectivity index (χ2n) is 2.21. The Balaban J connectivity index is 2.66. The first-order valence-corrected chi connectivity index (χ1v) is 5.75. The zero-order chi connectivity index (χ0) is 8.10. The molecule has 0 fully saturated rings. The molecule has 0 unspecified atom stereocenters. The molecule has 0 N–H and O–H groups in total. The fourth-order valence-corrected chi connectivity index (χ4v) is 1.88. The number of thioether (sulfide) groups is 1. The highest BCUT2D eigenvalue weighted by Gasteiger charge is 1.91. The summed E-state index contributed by atoms with van der Waals surface area (Å²) >= 11 is 5.29. The predicted octanol–water partition coefficient (Wildman–Crippen LogP) is 3.69. The van der Waals surface area contributed by atoms with Crippen LogP contribution in [0.5, 0.6) is 0 Å². The van der Waals surface area contributed by atoms with Crippen molar-refractivity contribution in [2.24, 2.45) is 0 Å². The van der Waals surface area contributed by atoms with E-state index in [1.54, 1.807) is 0 Å². The Morgan fingerprint density at radius 2 is 1.91 bits per heavy atom. The van der Waals surface area contributed by atoms with E-state index in [2.05, 4.69) is 47.1 Å². The maximum atomic E-state index is 3.41. The Labute approximate surface area is 80.5 Å². The van der Waals surface area contributed by atoms with Crippen LogP contribution in [0.4, 0.5) is 0 Å². The van der Waals surface area contributed by atoms with Gasteiger partial charge >= 0.3 is 0 Å². The largest absolute Gasteiger partial charge is 0.126 e. The van der Waals surface area contributed by atoms with E-state index in [-0.39, 0.29) is 0 Å². The fraction of sp³-hybridized carbons (Fsp3) is 0.333. The van der Waals surface area contributed by atoms with Crippen molar-refractivity contribution in [3.8, 4) is 0 Å². The van der Waals surface area contributed by atoms with E-state index in [1.165, 1.54) is 10.5 Å². The molecule has 0 aliphatic rings. The van der Waals surface area contributed by atoms with Crippen molar-refractivity contribution in [3.05, 3.63) is 29.8 Å². The highest BCUT2D eigenvalue weighted by molar-refractivity contribution is 9.08. The van der Waals surface area contributed by atoms with E-state index in [1.807, 2.05) is 11.8 Å². The molecule has 0 saturated heterocycles. The molecule has 0 heterocycles. The van der Waals surface area contributed by atoms with Gasteiger partial charge in [-0.3, -0.25) is 0 Å². The van der Waals surface area contributed by atoms with Crippen LogP contribution in [-0.2, 0) is 5.33 Å². The molecule has 0 nitrogen and oxygen atoms in total. The molecule has 0 spiro atoms. The van der Waals surface area contributed by atoms with Gasteiger partial charge in [-0.15, -0.1) is 11.8 Å². The summed E-state index contributed by atoms with van der Waals surface area (Å²) in [5, 5.41) is 0.948. The van der Waals surface area contributed by atoms with Crippen LogP contribution in [0.1, 0.15) is 12.5 Å². The van der Waals surface area contributed by atoms with Gasteiger partial charge in [-0.05, 0) is 23.4 Å². The second-order valence-corrected chi connectivity index (χ2v) is 4.11. The number of rotatable bonds is 3. The molecule has 0 saturated carbocycles. The lowest BCUT2D eigenvalue weighted by molar-refractivity contribution is 1.35. The van der Waals surface area contributed by atoms with Crippen molar-refractivity contribution < 1.29 is 0 Å². The number of alkyl halides is 1. The molecule has 1 aromatic rings. The van der Waals surface area contributed by atoms with Crippen molar-refractivity contribution in [1.82, 2.24) is 0 Å². The van der Waals surface area contributed by atoms with E-state index >= 15 is 0 Å². The maximum absolute atomic E-state index is 3.41. The highest BCUT2D eigenvalue weighted by Crippen LogP contribution is 2.18.